The number of Topliss-reactive ketones (excluding diaryl/α,β-unsaturated/α-hetero) is 1. The predicted octanol–water partition coefficient (Wildman–Crippen LogP) is 4.68. The molecule has 2 aliphatic rings. The van der Waals surface area contributed by atoms with Crippen molar-refractivity contribution in [1.29, 1.82) is 0 Å². The van der Waals surface area contributed by atoms with Crippen LogP contribution in [0, 0.1) is 5.41 Å². The van der Waals surface area contributed by atoms with Crippen LogP contribution in [-0.4, -0.2) is 34.9 Å². The Morgan fingerprint density at radius 2 is 1.88 bits per heavy atom. The lowest BCUT2D eigenvalue weighted by molar-refractivity contribution is -0.132. The fourth-order valence-corrected chi connectivity index (χ4v) is 3.67. The summed E-state index contributed by atoms with van der Waals surface area (Å²) in [4.78, 5) is 32.2. The van der Waals surface area contributed by atoms with E-state index >= 15 is 0 Å². The van der Waals surface area contributed by atoms with Gasteiger partial charge in [0.15, 0.2) is 5.78 Å². The average molecular weight is 347 g/mol. The van der Waals surface area contributed by atoms with Gasteiger partial charge >= 0.3 is 0 Å². The Balaban J connectivity index is 2.18. The molecule has 1 heterocycles. The molecule has 4 nitrogen and oxygen atoms in total. The topological polar surface area (TPSA) is 49.7 Å². The highest BCUT2D eigenvalue weighted by molar-refractivity contribution is 6.25. The molecule has 0 aromatic rings. The molecule has 0 spiro atoms. The lowest BCUT2D eigenvalue weighted by Crippen LogP contribution is -2.44. The maximum absolute atomic E-state index is 13.1. The molecule has 1 aliphatic heterocycles. The maximum Gasteiger partial charge on any atom is 0.259 e. The molecule has 0 aromatic carbocycles. The van der Waals surface area contributed by atoms with Crippen molar-refractivity contribution in [2.45, 2.75) is 91.5 Å². The van der Waals surface area contributed by atoms with Crippen molar-refractivity contribution >= 4 is 17.4 Å². The number of aliphatic imine (C=N–C) groups is 1. The summed E-state index contributed by atoms with van der Waals surface area (Å²) in [6.07, 6.45) is 10.8. The second-order valence-corrected chi connectivity index (χ2v) is 8.47. The van der Waals surface area contributed by atoms with Crippen LogP contribution in [0.5, 0.6) is 0 Å². The minimum absolute atomic E-state index is 0.0683. The van der Waals surface area contributed by atoms with Crippen molar-refractivity contribution in [2.24, 2.45) is 10.4 Å². The smallest absolute Gasteiger partial charge is 0.259 e. The van der Waals surface area contributed by atoms with E-state index in [9.17, 15) is 9.59 Å². The van der Waals surface area contributed by atoms with Crippen molar-refractivity contribution in [3.8, 4) is 0 Å². The molecule has 0 N–H and O–H groups in total. The first-order chi connectivity index (χ1) is 11.8. The van der Waals surface area contributed by atoms with E-state index in [4.69, 9.17) is 0 Å². The molecule has 0 aromatic heterocycles. The van der Waals surface area contributed by atoms with Crippen molar-refractivity contribution in [1.82, 2.24) is 4.90 Å². The van der Waals surface area contributed by atoms with E-state index in [1.807, 2.05) is 4.90 Å². The van der Waals surface area contributed by atoms with E-state index in [1.54, 1.807) is 0 Å². The summed E-state index contributed by atoms with van der Waals surface area (Å²) in [5.41, 5.74) is 1.02. The van der Waals surface area contributed by atoms with Crippen LogP contribution in [0.15, 0.2) is 16.8 Å². The highest BCUT2D eigenvalue weighted by Crippen LogP contribution is 2.27. The third kappa shape index (κ3) is 5.26. The molecule has 0 bridgehead atoms. The Hall–Kier alpha value is -1.45. The van der Waals surface area contributed by atoms with E-state index in [0.717, 1.165) is 44.4 Å². The first-order valence-corrected chi connectivity index (χ1v) is 9.96. The summed E-state index contributed by atoms with van der Waals surface area (Å²) < 4.78 is 0. The number of carbonyl (C=O) groups excluding carboxylic acids is 2. The zero-order valence-electron chi connectivity index (χ0n) is 16.4. The molecule has 0 unspecified atom stereocenters. The first kappa shape index (κ1) is 19.9. The predicted molar refractivity (Wildman–Crippen MR) is 103 cm³/mol. The number of hydrogen-bond acceptors (Lipinski definition) is 3. The number of carbonyl (C=O) groups is 2. The Morgan fingerprint density at radius 3 is 2.44 bits per heavy atom. The van der Waals surface area contributed by atoms with Crippen LogP contribution in [0.25, 0.3) is 0 Å². The number of ketones is 1. The van der Waals surface area contributed by atoms with Gasteiger partial charge in [-0.25, -0.2) is 0 Å². The minimum atomic E-state index is -0.134. The summed E-state index contributed by atoms with van der Waals surface area (Å²) in [6.45, 7) is 9.09. The lowest BCUT2D eigenvalue weighted by atomic mass is 9.84. The Labute approximate surface area is 152 Å². The molecule has 1 saturated carbocycles. The molecule has 1 amide bonds. The van der Waals surface area contributed by atoms with E-state index in [0.29, 0.717) is 6.04 Å². The molecule has 0 saturated heterocycles. The van der Waals surface area contributed by atoms with Crippen LogP contribution in [0.2, 0.25) is 0 Å². The van der Waals surface area contributed by atoms with E-state index in [-0.39, 0.29) is 29.1 Å². The summed E-state index contributed by atoms with van der Waals surface area (Å²) in [7, 11) is 0. The van der Waals surface area contributed by atoms with E-state index in [2.05, 4.69) is 32.7 Å². The largest absolute Gasteiger partial charge is 0.336 e. The second kappa shape index (κ2) is 8.77. The number of unbranched alkanes of at least 4 members (excludes halogenated alkanes) is 2. The van der Waals surface area contributed by atoms with Gasteiger partial charge in [-0.3, -0.25) is 14.6 Å². The van der Waals surface area contributed by atoms with Gasteiger partial charge in [-0.1, -0.05) is 59.8 Å². The van der Waals surface area contributed by atoms with Gasteiger partial charge in [-0.15, -0.1) is 0 Å². The minimum Gasteiger partial charge on any atom is -0.336 e. The maximum atomic E-state index is 13.1. The summed E-state index contributed by atoms with van der Waals surface area (Å²) >= 11 is 0. The van der Waals surface area contributed by atoms with Crippen LogP contribution in [-0.2, 0) is 9.59 Å². The van der Waals surface area contributed by atoms with E-state index < -0.39 is 0 Å². The normalized spacial score (nSPS) is 19.4. The van der Waals surface area contributed by atoms with Gasteiger partial charge in [0.25, 0.3) is 5.91 Å². The van der Waals surface area contributed by atoms with Crippen LogP contribution >= 0.6 is 0 Å². The fourth-order valence-electron chi connectivity index (χ4n) is 3.67. The van der Waals surface area contributed by atoms with Gasteiger partial charge in [0.05, 0.1) is 6.42 Å². The van der Waals surface area contributed by atoms with Gasteiger partial charge in [0.2, 0.25) is 0 Å². The highest BCUT2D eigenvalue weighted by Gasteiger charge is 2.33. The summed E-state index contributed by atoms with van der Waals surface area (Å²) in [6, 6.07) is 0.291. The molecule has 25 heavy (non-hydrogen) atoms. The monoisotopic (exact) mass is 346 g/mol. The SMILES string of the molecule is CCCCCN(C(=O)C1=CN=C(C(C)(C)C)CC1=O)C1CCCCC1. The number of amides is 1. The van der Waals surface area contributed by atoms with Crippen molar-refractivity contribution < 1.29 is 9.59 Å². The zero-order valence-corrected chi connectivity index (χ0v) is 16.4. The summed E-state index contributed by atoms with van der Waals surface area (Å²) in [5.74, 6) is -0.161. The van der Waals surface area contributed by atoms with Crippen LogP contribution < -0.4 is 0 Å². The van der Waals surface area contributed by atoms with Gasteiger partial charge < -0.3 is 4.90 Å². The molecule has 2 rings (SSSR count). The van der Waals surface area contributed by atoms with Gasteiger partial charge in [-0.05, 0) is 19.3 Å². The van der Waals surface area contributed by atoms with Crippen molar-refractivity contribution in [3.63, 3.8) is 0 Å². The van der Waals surface area contributed by atoms with Crippen molar-refractivity contribution in [2.75, 3.05) is 6.54 Å². The van der Waals surface area contributed by atoms with Crippen LogP contribution in [0.4, 0.5) is 0 Å². The van der Waals surface area contributed by atoms with Gasteiger partial charge in [-0.2, -0.15) is 0 Å². The third-order valence-electron chi connectivity index (χ3n) is 5.35. The number of hydrogen-bond donors (Lipinski definition) is 0. The molecule has 0 radical (unpaired) electrons. The number of rotatable bonds is 6. The molecule has 140 valence electrons. The molecule has 1 fully saturated rings. The Kier molecular flexibility index (Phi) is 6.97. The quantitative estimate of drug-likeness (QED) is 0.518. The second-order valence-electron chi connectivity index (χ2n) is 8.47. The zero-order chi connectivity index (χ0) is 18.4. The van der Waals surface area contributed by atoms with Crippen molar-refractivity contribution in [3.05, 3.63) is 11.8 Å². The third-order valence-corrected chi connectivity index (χ3v) is 5.35. The standard InChI is InChI=1S/C21H34N2O2/c1-5-6-10-13-23(16-11-8-7-9-12-16)20(25)17-15-22-19(14-18(17)24)21(2,3)4/h15-16H,5-14H2,1-4H3. The van der Waals surface area contributed by atoms with Crippen LogP contribution in [0.3, 0.4) is 0 Å². The fraction of sp³-hybridized carbons (Fsp3) is 0.762. The van der Waals surface area contributed by atoms with E-state index in [1.165, 1.54) is 25.5 Å². The first-order valence-electron chi connectivity index (χ1n) is 9.96. The molecule has 4 heteroatoms. The van der Waals surface area contributed by atoms with Crippen LogP contribution in [0.1, 0.15) is 85.5 Å². The summed E-state index contributed by atoms with van der Waals surface area (Å²) in [5, 5.41) is 0. The Morgan fingerprint density at radius 1 is 1.20 bits per heavy atom. The number of nitrogens with zero attached hydrogens (tertiary/aromatic N) is 2. The molecule has 0 atom stereocenters. The lowest BCUT2D eigenvalue weighted by Gasteiger charge is -2.35. The Bertz CT molecular complexity index is 549. The molecular weight excluding hydrogens is 312 g/mol. The molecular formula is C21H34N2O2. The van der Waals surface area contributed by atoms with Gasteiger partial charge in [0.1, 0.15) is 5.57 Å². The van der Waals surface area contributed by atoms with Gasteiger partial charge in [0, 0.05) is 29.9 Å². The molecule has 1 aliphatic carbocycles. The average Bonchev–Trinajstić information content (AvgIpc) is 2.58. The highest BCUT2D eigenvalue weighted by atomic mass is 16.2.